The molecule has 0 N–H and O–H groups in total. The van der Waals surface area contributed by atoms with Gasteiger partial charge in [0.15, 0.2) is 4.90 Å². The van der Waals surface area contributed by atoms with E-state index in [0.29, 0.717) is 6.42 Å². The first-order valence-electron chi connectivity index (χ1n) is 5.82. The summed E-state index contributed by atoms with van der Waals surface area (Å²) in [6.45, 7) is 5.90. The molecule has 0 saturated carbocycles. The SMILES string of the molecule is CCC(CC#N)c1cncc([S+]([O-])C(C)C)c1. The van der Waals surface area contributed by atoms with E-state index in [9.17, 15) is 4.55 Å². The smallest absolute Gasteiger partial charge is 0.171 e. The second-order valence-electron chi connectivity index (χ2n) is 4.27. The molecule has 0 aromatic carbocycles. The normalized spacial score (nSPS) is 14.4. The van der Waals surface area contributed by atoms with Gasteiger partial charge in [-0.05, 0) is 49.0 Å². The Morgan fingerprint density at radius 3 is 2.71 bits per heavy atom. The van der Waals surface area contributed by atoms with Crippen molar-refractivity contribution in [1.29, 1.82) is 5.26 Å². The molecule has 1 rings (SSSR count). The van der Waals surface area contributed by atoms with Crippen molar-refractivity contribution < 1.29 is 4.55 Å². The minimum Gasteiger partial charge on any atom is -0.611 e. The van der Waals surface area contributed by atoms with Crippen LogP contribution in [0.5, 0.6) is 0 Å². The third kappa shape index (κ3) is 3.72. The van der Waals surface area contributed by atoms with Gasteiger partial charge in [0, 0.05) is 12.6 Å². The predicted molar refractivity (Wildman–Crippen MR) is 69.0 cm³/mol. The highest BCUT2D eigenvalue weighted by Gasteiger charge is 2.18. The summed E-state index contributed by atoms with van der Waals surface area (Å²) in [5.74, 6) is 0.191. The summed E-state index contributed by atoms with van der Waals surface area (Å²) in [5.41, 5.74) is 1.01. The minimum absolute atomic E-state index is 0.0862. The molecule has 0 radical (unpaired) electrons. The number of hydrogen-bond acceptors (Lipinski definition) is 3. The second kappa shape index (κ2) is 6.63. The Balaban J connectivity index is 2.96. The van der Waals surface area contributed by atoms with Crippen LogP contribution in [0.15, 0.2) is 23.4 Å². The monoisotopic (exact) mass is 250 g/mol. The van der Waals surface area contributed by atoms with Crippen molar-refractivity contribution in [2.24, 2.45) is 0 Å². The van der Waals surface area contributed by atoms with Crippen molar-refractivity contribution in [3.05, 3.63) is 24.0 Å². The summed E-state index contributed by atoms with van der Waals surface area (Å²) < 4.78 is 12.0. The summed E-state index contributed by atoms with van der Waals surface area (Å²) in [6, 6.07) is 4.11. The lowest BCUT2D eigenvalue weighted by molar-refractivity contribution is 0.585. The highest BCUT2D eigenvalue weighted by atomic mass is 32.2. The topological polar surface area (TPSA) is 59.7 Å². The van der Waals surface area contributed by atoms with Crippen molar-refractivity contribution in [3.8, 4) is 6.07 Å². The van der Waals surface area contributed by atoms with Gasteiger partial charge in [0.25, 0.3) is 0 Å². The first kappa shape index (κ1) is 14.0. The fourth-order valence-corrected chi connectivity index (χ4v) is 2.61. The molecule has 17 heavy (non-hydrogen) atoms. The molecule has 92 valence electrons. The van der Waals surface area contributed by atoms with Gasteiger partial charge in [-0.3, -0.25) is 4.98 Å². The molecule has 0 fully saturated rings. The first-order chi connectivity index (χ1) is 8.10. The molecule has 0 amide bonds. The Bertz CT molecular complexity index is 401. The lowest BCUT2D eigenvalue weighted by atomic mass is 9.95. The average Bonchev–Trinajstić information content (AvgIpc) is 2.35. The molecule has 1 aromatic rings. The van der Waals surface area contributed by atoms with Gasteiger partial charge in [0.2, 0.25) is 0 Å². The van der Waals surface area contributed by atoms with Crippen LogP contribution in [0.25, 0.3) is 0 Å². The molecule has 0 aliphatic heterocycles. The molecule has 3 nitrogen and oxygen atoms in total. The molecule has 0 spiro atoms. The summed E-state index contributed by atoms with van der Waals surface area (Å²) in [4.78, 5) is 4.89. The van der Waals surface area contributed by atoms with Gasteiger partial charge < -0.3 is 4.55 Å². The van der Waals surface area contributed by atoms with E-state index >= 15 is 0 Å². The van der Waals surface area contributed by atoms with Crippen molar-refractivity contribution >= 4 is 11.2 Å². The standard InChI is InChI=1S/C13H18N2OS/c1-4-11(5-6-14)12-7-13(9-15-8-12)17(16)10(2)3/h7-11H,4-5H2,1-3H3. The van der Waals surface area contributed by atoms with Crippen LogP contribution in [0.2, 0.25) is 0 Å². The summed E-state index contributed by atoms with van der Waals surface area (Å²) in [5, 5.41) is 8.85. The van der Waals surface area contributed by atoms with Gasteiger partial charge in [0.05, 0.1) is 12.3 Å². The molecule has 0 saturated heterocycles. The van der Waals surface area contributed by atoms with Crippen LogP contribution in [-0.4, -0.2) is 14.8 Å². The zero-order valence-corrected chi connectivity index (χ0v) is 11.3. The highest BCUT2D eigenvalue weighted by Crippen LogP contribution is 2.25. The van der Waals surface area contributed by atoms with Crippen molar-refractivity contribution in [1.82, 2.24) is 4.98 Å². The van der Waals surface area contributed by atoms with Crippen molar-refractivity contribution in [3.63, 3.8) is 0 Å². The van der Waals surface area contributed by atoms with Crippen LogP contribution in [-0.2, 0) is 11.2 Å². The molecule has 1 heterocycles. The molecule has 0 aliphatic rings. The van der Waals surface area contributed by atoms with Crippen LogP contribution in [0.4, 0.5) is 0 Å². The number of nitriles is 1. The van der Waals surface area contributed by atoms with Crippen LogP contribution in [0, 0.1) is 11.3 Å². The number of rotatable bonds is 5. The molecular formula is C13H18N2OS. The largest absolute Gasteiger partial charge is 0.611 e. The molecular weight excluding hydrogens is 232 g/mol. The third-order valence-electron chi connectivity index (χ3n) is 2.70. The molecule has 1 aromatic heterocycles. The van der Waals surface area contributed by atoms with Crippen LogP contribution < -0.4 is 0 Å². The maximum absolute atomic E-state index is 12.0. The Labute approximate surface area is 106 Å². The molecule has 0 aliphatic carbocycles. The molecule has 0 bridgehead atoms. The van der Waals surface area contributed by atoms with E-state index in [1.807, 2.05) is 26.8 Å². The summed E-state index contributed by atoms with van der Waals surface area (Å²) in [6.07, 6.45) is 4.80. The molecule has 4 heteroatoms. The van der Waals surface area contributed by atoms with Crippen LogP contribution in [0.1, 0.15) is 45.1 Å². The Morgan fingerprint density at radius 2 is 2.18 bits per heavy atom. The zero-order chi connectivity index (χ0) is 12.8. The van der Waals surface area contributed by atoms with Gasteiger partial charge in [-0.2, -0.15) is 5.26 Å². The van der Waals surface area contributed by atoms with Gasteiger partial charge in [-0.15, -0.1) is 0 Å². The number of pyridine rings is 1. The van der Waals surface area contributed by atoms with Crippen LogP contribution >= 0.6 is 0 Å². The average molecular weight is 250 g/mol. The molecule has 2 unspecified atom stereocenters. The fraction of sp³-hybridized carbons (Fsp3) is 0.538. The lowest BCUT2D eigenvalue weighted by Crippen LogP contribution is -2.14. The van der Waals surface area contributed by atoms with Gasteiger partial charge in [0.1, 0.15) is 5.25 Å². The van der Waals surface area contributed by atoms with E-state index < -0.39 is 11.2 Å². The Hall–Kier alpha value is -1.05. The quantitative estimate of drug-likeness (QED) is 0.755. The minimum atomic E-state index is -1.01. The number of aromatic nitrogens is 1. The van der Waals surface area contributed by atoms with E-state index in [-0.39, 0.29) is 11.2 Å². The van der Waals surface area contributed by atoms with Gasteiger partial charge in [-0.1, -0.05) is 6.92 Å². The van der Waals surface area contributed by atoms with Crippen LogP contribution in [0.3, 0.4) is 0 Å². The Kier molecular flexibility index (Phi) is 5.46. The summed E-state index contributed by atoms with van der Waals surface area (Å²) in [7, 11) is 0. The van der Waals surface area contributed by atoms with Crippen molar-refractivity contribution in [2.45, 2.75) is 49.7 Å². The molecule has 2 atom stereocenters. The number of hydrogen-bond donors (Lipinski definition) is 0. The fourth-order valence-electron chi connectivity index (χ4n) is 1.65. The lowest BCUT2D eigenvalue weighted by Gasteiger charge is -2.16. The predicted octanol–water partition coefficient (Wildman–Crippen LogP) is 3.00. The Morgan fingerprint density at radius 1 is 1.47 bits per heavy atom. The number of nitrogens with zero attached hydrogens (tertiary/aromatic N) is 2. The first-order valence-corrected chi connectivity index (χ1v) is 7.03. The van der Waals surface area contributed by atoms with E-state index in [1.54, 1.807) is 12.4 Å². The zero-order valence-electron chi connectivity index (χ0n) is 10.5. The highest BCUT2D eigenvalue weighted by molar-refractivity contribution is 7.92. The second-order valence-corrected chi connectivity index (χ2v) is 6.28. The van der Waals surface area contributed by atoms with E-state index in [2.05, 4.69) is 11.1 Å². The summed E-state index contributed by atoms with van der Waals surface area (Å²) >= 11 is -1.01. The van der Waals surface area contributed by atoms with Gasteiger partial charge in [-0.25, -0.2) is 0 Å². The van der Waals surface area contributed by atoms with E-state index in [0.717, 1.165) is 16.9 Å². The maximum atomic E-state index is 12.0. The van der Waals surface area contributed by atoms with Gasteiger partial charge >= 0.3 is 0 Å². The maximum Gasteiger partial charge on any atom is 0.171 e. The van der Waals surface area contributed by atoms with E-state index in [1.165, 1.54) is 0 Å². The third-order valence-corrected chi connectivity index (χ3v) is 4.24. The van der Waals surface area contributed by atoms with Crippen molar-refractivity contribution in [2.75, 3.05) is 0 Å². The van der Waals surface area contributed by atoms with E-state index in [4.69, 9.17) is 5.26 Å².